The van der Waals surface area contributed by atoms with Crippen LogP contribution in [0, 0.1) is 0 Å². The Morgan fingerprint density at radius 2 is 1.75 bits per heavy atom. The number of benzene rings is 3. The van der Waals surface area contributed by atoms with Gasteiger partial charge in [-0.05, 0) is 42.3 Å². The zero-order valence-corrected chi connectivity index (χ0v) is 17.0. The van der Waals surface area contributed by atoms with Gasteiger partial charge in [0.15, 0.2) is 5.16 Å². The molecular formula is C23H19ClN2OS. The highest BCUT2D eigenvalue weighted by atomic mass is 35.5. The van der Waals surface area contributed by atoms with Gasteiger partial charge in [0, 0.05) is 10.8 Å². The quantitative estimate of drug-likeness (QED) is 0.303. The summed E-state index contributed by atoms with van der Waals surface area (Å²) in [4.78, 5) is 18.1. The maximum absolute atomic E-state index is 13.3. The third-order valence-electron chi connectivity index (χ3n) is 4.70. The lowest BCUT2D eigenvalue weighted by atomic mass is 10.1. The molecule has 1 heterocycles. The van der Waals surface area contributed by atoms with Crippen LogP contribution in [0.2, 0.25) is 5.02 Å². The average Bonchev–Trinajstić information content (AvgIpc) is 2.73. The maximum atomic E-state index is 13.3. The van der Waals surface area contributed by atoms with E-state index in [0.29, 0.717) is 21.3 Å². The lowest BCUT2D eigenvalue weighted by Gasteiger charge is -2.20. The van der Waals surface area contributed by atoms with Crippen molar-refractivity contribution in [1.29, 1.82) is 0 Å². The molecular weight excluding hydrogens is 388 g/mol. The first-order valence-corrected chi connectivity index (χ1v) is 10.4. The van der Waals surface area contributed by atoms with E-state index in [1.165, 1.54) is 0 Å². The monoisotopic (exact) mass is 406 g/mol. The molecule has 1 aromatic heterocycles. The van der Waals surface area contributed by atoms with Crippen molar-refractivity contribution < 1.29 is 0 Å². The van der Waals surface area contributed by atoms with E-state index in [2.05, 4.69) is 0 Å². The highest BCUT2D eigenvalue weighted by Crippen LogP contribution is 2.27. The zero-order valence-electron chi connectivity index (χ0n) is 15.4. The van der Waals surface area contributed by atoms with Crippen LogP contribution in [-0.4, -0.2) is 9.55 Å². The first kappa shape index (κ1) is 18.8. The summed E-state index contributed by atoms with van der Waals surface area (Å²) in [6.45, 7) is 2.04. The van der Waals surface area contributed by atoms with E-state index in [0.717, 1.165) is 16.6 Å². The van der Waals surface area contributed by atoms with Crippen LogP contribution >= 0.6 is 23.4 Å². The van der Waals surface area contributed by atoms with Gasteiger partial charge in [-0.3, -0.25) is 9.36 Å². The van der Waals surface area contributed by atoms with Crippen LogP contribution in [-0.2, 0) is 5.75 Å². The first-order valence-electron chi connectivity index (χ1n) is 9.07. The molecule has 1 atom stereocenters. The molecule has 0 spiro atoms. The molecule has 0 radical (unpaired) electrons. The summed E-state index contributed by atoms with van der Waals surface area (Å²) in [7, 11) is 0. The van der Waals surface area contributed by atoms with Crippen LogP contribution in [0.1, 0.15) is 24.1 Å². The Kier molecular flexibility index (Phi) is 5.51. The van der Waals surface area contributed by atoms with Crippen LogP contribution in [0.25, 0.3) is 10.9 Å². The van der Waals surface area contributed by atoms with E-state index < -0.39 is 0 Å². The molecule has 140 valence electrons. The van der Waals surface area contributed by atoms with Crippen LogP contribution in [0.5, 0.6) is 0 Å². The van der Waals surface area contributed by atoms with Gasteiger partial charge in [-0.15, -0.1) is 0 Å². The van der Waals surface area contributed by atoms with Crippen LogP contribution < -0.4 is 5.56 Å². The number of nitrogens with zero attached hydrogens (tertiary/aromatic N) is 2. The van der Waals surface area contributed by atoms with Gasteiger partial charge < -0.3 is 0 Å². The molecule has 0 bridgehead atoms. The van der Waals surface area contributed by atoms with E-state index in [1.807, 2.05) is 85.8 Å². The Balaban J connectivity index is 1.80. The van der Waals surface area contributed by atoms with Gasteiger partial charge in [0.25, 0.3) is 5.56 Å². The Morgan fingerprint density at radius 3 is 2.54 bits per heavy atom. The molecule has 0 aliphatic rings. The number of para-hydroxylation sites is 1. The largest absolute Gasteiger partial charge is 0.280 e. The number of thioether (sulfide) groups is 1. The van der Waals surface area contributed by atoms with E-state index in [-0.39, 0.29) is 11.6 Å². The molecule has 5 heteroatoms. The minimum absolute atomic E-state index is 0.0180. The second kappa shape index (κ2) is 8.21. The number of fused-ring (bicyclic) bond motifs is 1. The minimum atomic E-state index is -0.118. The van der Waals surface area contributed by atoms with Crippen molar-refractivity contribution in [2.75, 3.05) is 0 Å². The smallest absolute Gasteiger partial charge is 0.262 e. The normalized spacial score (nSPS) is 12.2. The molecule has 0 N–H and O–H groups in total. The number of aromatic nitrogens is 2. The van der Waals surface area contributed by atoms with E-state index in [4.69, 9.17) is 16.6 Å². The molecule has 4 rings (SSSR count). The number of rotatable bonds is 5. The molecule has 3 nitrogen and oxygen atoms in total. The van der Waals surface area contributed by atoms with Gasteiger partial charge in [0.05, 0.1) is 16.9 Å². The summed E-state index contributed by atoms with van der Waals surface area (Å²) < 4.78 is 1.80. The van der Waals surface area contributed by atoms with Crippen molar-refractivity contribution in [2.45, 2.75) is 23.9 Å². The Morgan fingerprint density at radius 1 is 1.00 bits per heavy atom. The van der Waals surface area contributed by atoms with Crippen molar-refractivity contribution in [3.05, 3.63) is 105 Å². The maximum Gasteiger partial charge on any atom is 0.262 e. The van der Waals surface area contributed by atoms with Gasteiger partial charge in [0.1, 0.15) is 0 Å². The third-order valence-corrected chi connectivity index (χ3v) is 5.96. The number of hydrogen-bond donors (Lipinski definition) is 0. The topological polar surface area (TPSA) is 34.9 Å². The summed E-state index contributed by atoms with van der Waals surface area (Å²) in [6.07, 6.45) is 0. The standard InChI is InChI=1S/C23H19ClN2OS/c1-16(18-9-3-2-4-10-18)26-22(27)20-12-5-6-13-21(20)25-23(26)28-15-17-8-7-11-19(24)14-17/h2-14,16H,15H2,1H3/t16-/m1/s1. The number of hydrogen-bond acceptors (Lipinski definition) is 3. The highest BCUT2D eigenvalue weighted by Gasteiger charge is 2.18. The van der Waals surface area contributed by atoms with Gasteiger partial charge >= 0.3 is 0 Å². The Bertz CT molecular complexity index is 1170. The average molecular weight is 407 g/mol. The molecule has 0 unspecified atom stereocenters. The van der Waals surface area contributed by atoms with Crippen molar-refractivity contribution in [3.63, 3.8) is 0 Å². The summed E-state index contributed by atoms with van der Waals surface area (Å²) in [5, 5.41) is 2.05. The van der Waals surface area contributed by atoms with Crippen LogP contribution in [0.4, 0.5) is 0 Å². The van der Waals surface area contributed by atoms with Crippen LogP contribution in [0.3, 0.4) is 0 Å². The van der Waals surface area contributed by atoms with Gasteiger partial charge in [-0.25, -0.2) is 4.98 Å². The zero-order chi connectivity index (χ0) is 19.5. The predicted octanol–water partition coefficient (Wildman–Crippen LogP) is 5.95. The van der Waals surface area contributed by atoms with Crippen molar-refractivity contribution in [2.24, 2.45) is 0 Å². The molecule has 0 aliphatic carbocycles. The van der Waals surface area contributed by atoms with Crippen molar-refractivity contribution in [3.8, 4) is 0 Å². The Hall–Kier alpha value is -2.56. The van der Waals surface area contributed by atoms with Gasteiger partial charge in [-0.2, -0.15) is 0 Å². The fraction of sp³-hybridized carbons (Fsp3) is 0.130. The second-order valence-electron chi connectivity index (χ2n) is 6.59. The summed E-state index contributed by atoms with van der Waals surface area (Å²) >= 11 is 7.67. The van der Waals surface area contributed by atoms with E-state index in [1.54, 1.807) is 16.3 Å². The van der Waals surface area contributed by atoms with Gasteiger partial charge in [0.2, 0.25) is 0 Å². The molecule has 0 fully saturated rings. The fourth-order valence-electron chi connectivity index (χ4n) is 3.22. The van der Waals surface area contributed by atoms with E-state index in [9.17, 15) is 4.79 Å². The van der Waals surface area contributed by atoms with Crippen molar-refractivity contribution >= 4 is 34.3 Å². The molecule has 4 aromatic rings. The summed E-state index contributed by atoms with van der Waals surface area (Å²) in [5.74, 6) is 0.687. The molecule has 0 saturated carbocycles. The van der Waals surface area contributed by atoms with Gasteiger partial charge in [-0.1, -0.05) is 78.0 Å². The molecule has 28 heavy (non-hydrogen) atoms. The second-order valence-corrected chi connectivity index (χ2v) is 7.97. The minimum Gasteiger partial charge on any atom is -0.280 e. The SMILES string of the molecule is C[C@H](c1ccccc1)n1c(SCc2cccc(Cl)c2)nc2ccccc2c1=O. The first-order chi connectivity index (χ1) is 13.6. The molecule has 0 saturated heterocycles. The molecule has 0 aliphatic heterocycles. The summed E-state index contributed by atoms with van der Waals surface area (Å²) in [6, 6.07) is 25.2. The summed E-state index contributed by atoms with van der Waals surface area (Å²) in [5.41, 5.74) is 2.87. The number of halogens is 1. The molecule has 0 amide bonds. The lowest BCUT2D eigenvalue weighted by Crippen LogP contribution is -2.27. The van der Waals surface area contributed by atoms with Crippen LogP contribution in [0.15, 0.2) is 88.8 Å². The Labute approximate surface area is 173 Å². The lowest BCUT2D eigenvalue weighted by molar-refractivity contribution is 0.548. The van der Waals surface area contributed by atoms with E-state index >= 15 is 0 Å². The predicted molar refractivity (Wildman–Crippen MR) is 117 cm³/mol. The fourth-order valence-corrected chi connectivity index (χ4v) is 4.46. The molecule has 3 aromatic carbocycles. The highest BCUT2D eigenvalue weighted by molar-refractivity contribution is 7.98. The van der Waals surface area contributed by atoms with Crippen molar-refractivity contribution in [1.82, 2.24) is 9.55 Å². The third kappa shape index (κ3) is 3.84.